The van der Waals surface area contributed by atoms with Gasteiger partial charge in [-0.05, 0) is 62.7 Å². The Balaban J connectivity index is 1.98. The van der Waals surface area contributed by atoms with Crippen LogP contribution in [0, 0.1) is 17.5 Å². The lowest BCUT2D eigenvalue weighted by Gasteiger charge is -2.15. The smallest absolute Gasteiger partial charge is 0.323 e. The lowest BCUT2D eigenvalue weighted by atomic mass is 10.0. The van der Waals surface area contributed by atoms with E-state index in [0.29, 0.717) is 16.8 Å². The molecule has 2 amide bonds. The summed E-state index contributed by atoms with van der Waals surface area (Å²) in [6.45, 7) is 5.63. The Morgan fingerprint density at radius 3 is 2.37 bits per heavy atom. The van der Waals surface area contributed by atoms with Gasteiger partial charge in [-0.2, -0.15) is 0 Å². The van der Waals surface area contributed by atoms with E-state index >= 15 is 0 Å². The third-order valence-corrected chi connectivity index (χ3v) is 4.47. The Labute approximate surface area is 200 Å². The fourth-order valence-electron chi connectivity index (χ4n) is 2.90. The Hall–Kier alpha value is -4.41. The molecule has 6 N–H and O–H groups in total. The van der Waals surface area contributed by atoms with E-state index in [1.807, 2.05) is 20.8 Å². The minimum atomic E-state index is -1.12. The standard InChI is InChI=1S/C24H24F3N7O/c1-24(2,3)31-12-17(21(28)20-6-7-30-22(29)34-20)13-8-14(25)10-16(9-13)33-23(35)32-15-4-5-18(26)19(27)11-15/h4-12H,28H2,1-3H3,(H2,29,30,34)(H2,32,33,35). The minimum Gasteiger partial charge on any atom is -0.396 e. The number of anilines is 3. The zero-order valence-corrected chi connectivity index (χ0v) is 19.2. The molecule has 0 saturated heterocycles. The van der Waals surface area contributed by atoms with Gasteiger partial charge in [0.1, 0.15) is 5.82 Å². The summed E-state index contributed by atoms with van der Waals surface area (Å²) in [6, 6.07) is 7.43. The first-order valence-electron chi connectivity index (χ1n) is 10.4. The molecule has 0 unspecified atom stereocenters. The zero-order valence-electron chi connectivity index (χ0n) is 19.2. The highest BCUT2D eigenvalue weighted by atomic mass is 19.2. The van der Waals surface area contributed by atoms with Crippen LogP contribution in [0.15, 0.2) is 53.7 Å². The monoisotopic (exact) mass is 483 g/mol. The largest absolute Gasteiger partial charge is 0.396 e. The fourth-order valence-corrected chi connectivity index (χ4v) is 2.90. The maximum Gasteiger partial charge on any atom is 0.323 e. The number of nitrogens with one attached hydrogen (secondary N) is 2. The molecular formula is C24H24F3N7O. The quantitative estimate of drug-likeness (QED) is 0.387. The molecule has 0 fully saturated rings. The average molecular weight is 483 g/mol. The van der Waals surface area contributed by atoms with E-state index in [0.717, 1.165) is 18.2 Å². The van der Waals surface area contributed by atoms with Gasteiger partial charge in [0.2, 0.25) is 5.95 Å². The number of nitrogen functional groups attached to an aromatic ring is 1. The number of carbonyl (C=O) groups is 1. The zero-order chi connectivity index (χ0) is 25.8. The van der Waals surface area contributed by atoms with Crippen molar-refractivity contribution in [3.63, 3.8) is 0 Å². The number of aromatic nitrogens is 2. The highest BCUT2D eigenvalue weighted by molar-refractivity contribution is 6.19. The number of hydrogen-bond donors (Lipinski definition) is 4. The molecule has 0 atom stereocenters. The van der Waals surface area contributed by atoms with Crippen molar-refractivity contribution in [2.24, 2.45) is 10.7 Å². The van der Waals surface area contributed by atoms with Crippen LogP contribution in [0.1, 0.15) is 32.0 Å². The summed E-state index contributed by atoms with van der Waals surface area (Å²) in [5.41, 5.74) is 12.8. The van der Waals surface area contributed by atoms with Gasteiger partial charge in [0.25, 0.3) is 0 Å². The van der Waals surface area contributed by atoms with Gasteiger partial charge < -0.3 is 22.1 Å². The summed E-state index contributed by atoms with van der Waals surface area (Å²) in [4.78, 5) is 24.8. The molecule has 11 heteroatoms. The van der Waals surface area contributed by atoms with Crippen LogP contribution in [-0.4, -0.2) is 27.8 Å². The van der Waals surface area contributed by atoms with Crippen molar-refractivity contribution in [3.05, 3.63) is 77.4 Å². The van der Waals surface area contributed by atoms with Crippen molar-refractivity contribution in [3.8, 4) is 0 Å². The Bertz CT molecular complexity index is 1320. The molecule has 0 radical (unpaired) electrons. The van der Waals surface area contributed by atoms with E-state index in [1.165, 1.54) is 30.6 Å². The molecule has 0 spiro atoms. The molecular weight excluding hydrogens is 459 g/mol. The second kappa shape index (κ2) is 10.2. The third kappa shape index (κ3) is 7.03. The van der Waals surface area contributed by atoms with Crippen molar-refractivity contribution in [1.29, 1.82) is 0 Å². The molecule has 182 valence electrons. The molecule has 3 aromatic rings. The molecule has 0 aliphatic rings. The normalized spacial score (nSPS) is 12.4. The molecule has 0 saturated carbocycles. The minimum absolute atomic E-state index is 0.00746. The summed E-state index contributed by atoms with van der Waals surface area (Å²) in [5, 5.41) is 4.81. The van der Waals surface area contributed by atoms with E-state index in [9.17, 15) is 18.0 Å². The van der Waals surface area contributed by atoms with Gasteiger partial charge in [0, 0.05) is 35.4 Å². The second-order valence-electron chi connectivity index (χ2n) is 8.49. The van der Waals surface area contributed by atoms with Crippen molar-refractivity contribution in [2.45, 2.75) is 26.3 Å². The number of halogens is 3. The molecule has 2 aromatic carbocycles. The van der Waals surface area contributed by atoms with Gasteiger partial charge in [0.15, 0.2) is 11.6 Å². The Morgan fingerprint density at radius 1 is 1.00 bits per heavy atom. The average Bonchev–Trinajstić information content (AvgIpc) is 2.75. The number of urea groups is 1. The first-order valence-corrected chi connectivity index (χ1v) is 10.4. The molecule has 0 bridgehead atoms. The predicted octanol–water partition coefficient (Wildman–Crippen LogP) is 4.82. The van der Waals surface area contributed by atoms with Gasteiger partial charge >= 0.3 is 6.03 Å². The highest BCUT2D eigenvalue weighted by Crippen LogP contribution is 2.26. The maximum absolute atomic E-state index is 14.6. The van der Waals surface area contributed by atoms with Crippen LogP contribution < -0.4 is 22.1 Å². The van der Waals surface area contributed by atoms with Crippen molar-refractivity contribution < 1.29 is 18.0 Å². The number of allylic oxidation sites excluding steroid dienone is 1. The summed E-state index contributed by atoms with van der Waals surface area (Å²) in [5.74, 6) is -2.83. The third-order valence-electron chi connectivity index (χ3n) is 4.47. The SMILES string of the molecule is CC(C)(C)N=CC(=C(N)c1ccnc(N)n1)c1cc(F)cc(NC(=O)Nc2ccc(F)c(F)c2)c1. The number of hydrogen-bond acceptors (Lipinski definition) is 6. The maximum atomic E-state index is 14.6. The van der Waals surface area contributed by atoms with E-state index in [2.05, 4.69) is 25.6 Å². The molecule has 1 aromatic heterocycles. The van der Waals surface area contributed by atoms with E-state index in [1.54, 1.807) is 6.07 Å². The fraction of sp³-hybridized carbons (Fsp3) is 0.167. The number of rotatable bonds is 5. The highest BCUT2D eigenvalue weighted by Gasteiger charge is 2.15. The topological polar surface area (TPSA) is 131 Å². The van der Waals surface area contributed by atoms with Crippen LogP contribution in [0.4, 0.5) is 35.3 Å². The predicted molar refractivity (Wildman–Crippen MR) is 131 cm³/mol. The second-order valence-corrected chi connectivity index (χ2v) is 8.49. The van der Waals surface area contributed by atoms with Crippen molar-refractivity contribution in [2.75, 3.05) is 16.4 Å². The Morgan fingerprint density at radius 2 is 1.71 bits per heavy atom. The molecule has 0 aliphatic carbocycles. The number of nitrogens with two attached hydrogens (primary N) is 2. The molecule has 0 aliphatic heterocycles. The van der Waals surface area contributed by atoms with Gasteiger partial charge in [-0.1, -0.05) is 0 Å². The van der Waals surface area contributed by atoms with Gasteiger partial charge in [-0.25, -0.2) is 27.9 Å². The molecule has 1 heterocycles. The summed E-state index contributed by atoms with van der Waals surface area (Å²) in [7, 11) is 0. The van der Waals surface area contributed by atoms with Crippen LogP contribution in [-0.2, 0) is 0 Å². The van der Waals surface area contributed by atoms with Crippen LogP contribution in [0.25, 0.3) is 11.3 Å². The van der Waals surface area contributed by atoms with Crippen LogP contribution >= 0.6 is 0 Å². The lowest BCUT2D eigenvalue weighted by Crippen LogP contribution is -2.20. The van der Waals surface area contributed by atoms with E-state index in [-0.39, 0.29) is 23.0 Å². The molecule has 35 heavy (non-hydrogen) atoms. The lowest BCUT2D eigenvalue weighted by molar-refractivity contribution is 0.262. The summed E-state index contributed by atoms with van der Waals surface area (Å²) >= 11 is 0. The molecule has 8 nitrogen and oxygen atoms in total. The van der Waals surface area contributed by atoms with Crippen molar-refractivity contribution >= 4 is 40.8 Å². The molecule has 3 rings (SSSR count). The Kier molecular flexibility index (Phi) is 7.38. The summed E-state index contributed by atoms with van der Waals surface area (Å²) in [6.07, 6.45) is 2.93. The van der Waals surface area contributed by atoms with Crippen molar-refractivity contribution in [1.82, 2.24) is 9.97 Å². The van der Waals surface area contributed by atoms with Gasteiger partial charge in [-0.15, -0.1) is 0 Å². The van der Waals surface area contributed by atoms with Crippen LogP contribution in [0.5, 0.6) is 0 Å². The van der Waals surface area contributed by atoms with Crippen LogP contribution in [0.2, 0.25) is 0 Å². The summed E-state index contributed by atoms with van der Waals surface area (Å²) < 4.78 is 41.1. The van der Waals surface area contributed by atoms with E-state index < -0.39 is 29.0 Å². The first-order chi connectivity index (χ1) is 16.4. The number of nitrogens with zero attached hydrogens (tertiary/aromatic N) is 3. The van der Waals surface area contributed by atoms with Gasteiger partial charge in [0.05, 0.1) is 16.9 Å². The number of benzene rings is 2. The number of amides is 2. The first kappa shape index (κ1) is 25.2. The van der Waals surface area contributed by atoms with E-state index in [4.69, 9.17) is 11.5 Å². The van der Waals surface area contributed by atoms with Gasteiger partial charge in [-0.3, -0.25) is 4.99 Å². The number of aliphatic imine (C=N–C) groups is 1. The van der Waals surface area contributed by atoms with Crippen LogP contribution in [0.3, 0.4) is 0 Å². The number of carbonyl (C=O) groups excluding carboxylic acids is 1.